The molecule has 1 amide bonds. The van der Waals surface area contributed by atoms with E-state index in [1.165, 1.54) is 36.4 Å². The Bertz CT molecular complexity index is 850. The maximum Gasteiger partial charge on any atom is 0.257 e. The Hall–Kier alpha value is -1.92. The molecule has 0 aliphatic rings. The third-order valence-corrected chi connectivity index (χ3v) is 4.49. The molecule has 116 valence electrons. The number of anilines is 1. The van der Waals surface area contributed by atoms with Crippen LogP contribution in [0.2, 0.25) is 5.02 Å². The summed E-state index contributed by atoms with van der Waals surface area (Å²) in [4.78, 5) is 12.3. The number of hydrogen-bond donors (Lipinski definition) is 1. The molecule has 0 saturated carbocycles. The maximum absolute atomic E-state index is 13.1. The number of halogens is 2. The predicted molar refractivity (Wildman–Crippen MR) is 83.7 cm³/mol. The number of sulfone groups is 1. The monoisotopic (exact) mass is 341 g/mol. The van der Waals surface area contributed by atoms with Gasteiger partial charge in [0.25, 0.3) is 5.91 Å². The molecule has 0 radical (unpaired) electrons. The Morgan fingerprint density at radius 2 is 1.86 bits per heavy atom. The molecular weight excluding hydrogens is 329 g/mol. The van der Waals surface area contributed by atoms with Crippen LogP contribution in [0, 0.1) is 12.7 Å². The second-order valence-electron chi connectivity index (χ2n) is 4.83. The quantitative estimate of drug-likeness (QED) is 0.930. The van der Waals surface area contributed by atoms with Crippen molar-refractivity contribution < 1.29 is 17.6 Å². The Balaban J connectivity index is 2.37. The summed E-state index contributed by atoms with van der Waals surface area (Å²) in [5.74, 6) is -0.974. The number of benzene rings is 2. The highest BCUT2D eigenvalue weighted by Crippen LogP contribution is 2.23. The molecule has 0 spiro atoms. The summed E-state index contributed by atoms with van der Waals surface area (Å²) in [5, 5.41) is 2.72. The minimum Gasteiger partial charge on any atom is -0.322 e. The molecule has 0 aliphatic carbocycles. The van der Waals surface area contributed by atoms with Crippen molar-refractivity contribution in [1.29, 1.82) is 0 Å². The van der Waals surface area contributed by atoms with E-state index in [0.717, 1.165) is 6.26 Å². The predicted octanol–water partition coefficient (Wildman–Crippen LogP) is 3.44. The van der Waals surface area contributed by atoms with Crippen LogP contribution in [0.5, 0.6) is 0 Å². The number of hydrogen-bond acceptors (Lipinski definition) is 3. The van der Waals surface area contributed by atoms with Crippen molar-refractivity contribution in [2.24, 2.45) is 0 Å². The molecule has 0 bridgehead atoms. The van der Waals surface area contributed by atoms with Gasteiger partial charge in [-0.25, -0.2) is 12.8 Å². The lowest BCUT2D eigenvalue weighted by molar-refractivity contribution is 0.102. The first-order valence-electron chi connectivity index (χ1n) is 6.25. The lowest BCUT2D eigenvalue weighted by Gasteiger charge is -2.10. The molecule has 0 atom stereocenters. The van der Waals surface area contributed by atoms with Crippen LogP contribution in [0.1, 0.15) is 15.9 Å². The zero-order chi connectivity index (χ0) is 16.5. The molecule has 7 heteroatoms. The zero-order valence-electron chi connectivity index (χ0n) is 11.9. The van der Waals surface area contributed by atoms with Gasteiger partial charge in [0.2, 0.25) is 0 Å². The fourth-order valence-electron chi connectivity index (χ4n) is 1.87. The van der Waals surface area contributed by atoms with E-state index in [1.54, 1.807) is 6.92 Å². The highest BCUT2D eigenvalue weighted by molar-refractivity contribution is 7.90. The molecule has 22 heavy (non-hydrogen) atoms. The van der Waals surface area contributed by atoms with Crippen LogP contribution < -0.4 is 5.32 Å². The molecule has 0 fully saturated rings. The van der Waals surface area contributed by atoms with Crippen molar-refractivity contribution in [1.82, 2.24) is 0 Å². The summed E-state index contributed by atoms with van der Waals surface area (Å²) in [6, 6.07) is 7.83. The Labute approximate surface area is 132 Å². The maximum atomic E-state index is 13.1. The molecule has 4 nitrogen and oxygen atoms in total. The number of amides is 1. The van der Waals surface area contributed by atoms with E-state index in [-0.39, 0.29) is 15.5 Å². The van der Waals surface area contributed by atoms with Gasteiger partial charge in [0.15, 0.2) is 9.84 Å². The molecule has 1 N–H and O–H groups in total. The van der Waals surface area contributed by atoms with Crippen molar-refractivity contribution in [3.05, 3.63) is 58.4 Å². The number of carbonyl (C=O) groups excluding carboxylic acids is 1. The van der Waals surface area contributed by atoms with Crippen LogP contribution in [0.3, 0.4) is 0 Å². The number of rotatable bonds is 3. The first-order chi connectivity index (χ1) is 10.2. The molecule has 2 rings (SSSR count). The molecule has 0 unspecified atom stereocenters. The zero-order valence-corrected chi connectivity index (χ0v) is 13.4. The van der Waals surface area contributed by atoms with E-state index >= 15 is 0 Å². The van der Waals surface area contributed by atoms with Gasteiger partial charge in [0.05, 0.1) is 15.5 Å². The minimum atomic E-state index is -3.45. The average molecular weight is 342 g/mol. The second kappa shape index (κ2) is 6.06. The van der Waals surface area contributed by atoms with Crippen LogP contribution >= 0.6 is 11.6 Å². The van der Waals surface area contributed by atoms with Crippen LogP contribution in [0.15, 0.2) is 41.3 Å². The van der Waals surface area contributed by atoms with Crippen LogP contribution in [0.4, 0.5) is 10.1 Å². The first kappa shape index (κ1) is 16.5. The largest absolute Gasteiger partial charge is 0.322 e. The SMILES string of the molecule is Cc1cc(F)ccc1NC(=O)c1cc(S(C)(=O)=O)ccc1Cl. The summed E-state index contributed by atoms with van der Waals surface area (Å²) >= 11 is 5.96. The van der Waals surface area contributed by atoms with E-state index in [2.05, 4.69) is 5.32 Å². The fourth-order valence-corrected chi connectivity index (χ4v) is 2.72. The van der Waals surface area contributed by atoms with Crippen LogP contribution in [-0.4, -0.2) is 20.6 Å². The summed E-state index contributed by atoms with van der Waals surface area (Å²) < 4.78 is 36.2. The number of nitrogens with one attached hydrogen (secondary N) is 1. The normalized spacial score (nSPS) is 11.3. The Morgan fingerprint density at radius 1 is 1.18 bits per heavy atom. The fraction of sp³-hybridized carbons (Fsp3) is 0.133. The van der Waals surface area contributed by atoms with Gasteiger partial charge in [-0.2, -0.15) is 0 Å². The third-order valence-electron chi connectivity index (χ3n) is 3.05. The van der Waals surface area contributed by atoms with Crippen molar-refractivity contribution in [3.8, 4) is 0 Å². The van der Waals surface area contributed by atoms with Crippen LogP contribution in [-0.2, 0) is 9.84 Å². The average Bonchev–Trinajstić information content (AvgIpc) is 2.41. The Kier molecular flexibility index (Phi) is 4.53. The van der Waals surface area contributed by atoms with Crippen molar-refractivity contribution in [3.63, 3.8) is 0 Å². The van der Waals surface area contributed by atoms with Crippen molar-refractivity contribution in [2.75, 3.05) is 11.6 Å². The smallest absolute Gasteiger partial charge is 0.257 e. The van der Waals surface area contributed by atoms with Gasteiger partial charge in [0.1, 0.15) is 5.82 Å². The van der Waals surface area contributed by atoms with Crippen molar-refractivity contribution >= 4 is 33.0 Å². The van der Waals surface area contributed by atoms with E-state index in [0.29, 0.717) is 11.3 Å². The highest BCUT2D eigenvalue weighted by atomic mass is 35.5. The summed E-state index contributed by atoms with van der Waals surface area (Å²) in [5.41, 5.74) is 1.00. The topological polar surface area (TPSA) is 63.2 Å². The number of carbonyl (C=O) groups is 1. The van der Waals surface area contributed by atoms with E-state index in [9.17, 15) is 17.6 Å². The minimum absolute atomic E-state index is 0.00196. The molecule has 0 heterocycles. The van der Waals surface area contributed by atoms with Crippen LogP contribution in [0.25, 0.3) is 0 Å². The third kappa shape index (κ3) is 3.64. The van der Waals surface area contributed by atoms with Gasteiger partial charge >= 0.3 is 0 Å². The van der Waals surface area contributed by atoms with Gasteiger partial charge in [-0.05, 0) is 48.9 Å². The van der Waals surface area contributed by atoms with Gasteiger partial charge in [-0.3, -0.25) is 4.79 Å². The standard InChI is InChI=1S/C15H13ClFNO3S/c1-9-7-10(17)3-6-14(9)18-15(19)12-8-11(22(2,20)21)4-5-13(12)16/h3-8H,1-2H3,(H,18,19). The van der Waals surface area contributed by atoms with E-state index < -0.39 is 21.6 Å². The molecule has 2 aromatic rings. The lowest BCUT2D eigenvalue weighted by atomic mass is 10.1. The lowest BCUT2D eigenvalue weighted by Crippen LogP contribution is -2.14. The molecule has 2 aromatic carbocycles. The highest BCUT2D eigenvalue weighted by Gasteiger charge is 2.16. The van der Waals surface area contributed by atoms with E-state index in [1.807, 2.05) is 0 Å². The van der Waals surface area contributed by atoms with E-state index in [4.69, 9.17) is 11.6 Å². The van der Waals surface area contributed by atoms with Gasteiger partial charge < -0.3 is 5.32 Å². The van der Waals surface area contributed by atoms with Gasteiger partial charge in [-0.1, -0.05) is 11.6 Å². The molecular formula is C15H13ClFNO3S. The molecule has 0 saturated heterocycles. The van der Waals surface area contributed by atoms with Gasteiger partial charge in [-0.15, -0.1) is 0 Å². The summed E-state index contributed by atoms with van der Waals surface area (Å²) in [6.07, 6.45) is 1.04. The van der Waals surface area contributed by atoms with Gasteiger partial charge in [0, 0.05) is 11.9 Å². The molecule has 0 aliphatic heterocycles. The summed E-state index contributed by atoms with van der Waals surface area (Å²) in [6.45, 7) is 1.65. The first-order valence-corrected chi connectivity index (χ1v) is 8.52. The van der Waals surface area contributed by atoms with Crippen molar-refractivity contribution in [2.45, 2.75) is 11.8 Å². The second-order valence-corrected chi connectivity index (χ2v) is 7.25. The molecule has 0 aromatic heterocycles. The Morgan fingerprint density at radius 3 is 2.45 bits per heavy atom. The number of aryl methyl sites for hydroxylation is 1. The summed E-state index contributed by atoms with van der Waals surface area (Å²) in [7, 11) is -3.45.